The Labute approximate surface area is 348 Å². The molecule has 10 heteroatoms. The van der Waals surface area contributed by atoms with E-state index >= 15 is 0 Å². The highest BCUT2D eigenvalue weighted by Crippen LogP contribution is 2.36. The first kappa shape index (κ1) is 40.1. The quantitative estimate of drug-likeness (QED) is 0.0688. The number of nitrogens with zero attached hydrogens (tertiary/aromatic N) is 3. The molecule has 0 aliphatic carbocycles. The summed E-state index contributed by atoms with van der Waals surface area (Å²) < 4.78 is 6.26. The number of hydrogen-bond acceptors (Lipinski definition) is 8. The van der Waals surface area contributed by atoms with Crippen molar-refractivity contribution >= 4 is 40.2 Å². The molecule has 2 amide bonds. The fourth-order valence-corrected chi connectivity index (χ4v) is 9.47. The number of allylic oxidation sites excluding steroid dienone is 1. The molecule has 0 bridgehead atoms. The predicted molar refractivity (Wildman–Crippen MR) is 232 cm³/mol. The summed E-state index contributed by atoms with van der Waals surface area (Å²) in [6.07, 6.45) is 6.52. The molecule has 0 aromatic heterocycles. The Hall–Kier alpha value is -4.67. The molecular formula is C48H56ClN5O4. The zero-order chi connectivity index (χ0) is 39.8. The Bertz CT molecular complexity index is 2050. The van der Waals surface area contributed by atoms with E-state index in [9.17, 15) is 14.7 Å². The van der Waals surface area contributed by atoms with E-state index in [2.05, 4.69) is 92.1 Å². The van der Waals surface area contributed by atoms with Gasteiger partial charge in [0, 0.05) is 56.8 Å². The van der Waals surface area contributed by atoms with Crippen LogP contribution in [0, 0.1) is 5.92 Å². The lowest BCUT2D eigenvalue weighted by atomic mass is 9.88. The normalized spacial score (nSPS) is 21.1. The summed E-state index contributed by atoms with van der Waals surface area (Å²) in [5.74, 6) is 1.99. The highest BCUT2D eigenvalue weighted by molar-refractivity contribution is 6.18. The van der Waals surface area contributed by atoms with Crippen LogP contribution >= 0.6 is 11.6 Å². The zero-order valence-electron chi connectivity index (χ0n) is 33.4. The van der Waals surface area contributed by atoms with E-state index in [1.807, 2.05) is 18.2 Å². The van der Waals surface area contributed by atoms with Gasteiger partial charge < -0.3 is 20.1 Å². The number of ether oxygens (including phenoxy) is 1. The van der Waals surface area contributed by atoms with Crippen molar-refractivity contribution in [2.75, 3.05) is 56.7 Å². The van der Waals surface area contributed by atoms with Crippen LogP contribution in [0.15, 0.2) is 97.1 Å². The molecule has 3 N–H and O–H groups in total. The van der Waals surface area contributed by atoms with E-state index in [-0.39, 0.29) is 23.6 Å². The molecule has 4 aromatic rings. The standard InChI is InChI=1S/C48H56ClN5O4/c49-23-20-44(35-5-2-1-3-6-35)47(36-9-14-42(55)15-10-36)37-11-16-43(17-12-37)58-28-27-52-25-21-34(22-26-52)30-50-40-7-4-24-53(33-40)41-13-8-38-31-54(32-39(38)29-41)45-18-19-46(56)51-48(45)57/h1-3,5-6,8-17,29,34,40,45,50,55H,4,7,18-28,30-33H2,(H,51,56,57)/t40-,45?/m0/s1. The topological polar surface area (TPSA) is 97.4 Å². The molecule has 4 heterocycles. The first-order chi connectivity index (χ1) is 28.4. The third-order valence-electron chi connectivity index (χ3n) is 12.5. The Balaban J connectivity index is 0.784. The minimum atomic E-state index is -0.223. The lowest BCUT2D eigenvalue weighted by Gasteiger charge is -2.37. The summed E-state index contributed by atoms with van der Waals surface area (Å²) in [7, 11) is 0. The van der Waals surface area contributed by atoms with Gasteiger partial charge in [0.05, 0.1) is 6.04 Å². The van der Waals surface area contributed by atoms with Crippen molar-refractivity contribution in [1.82, 2.24) is 20.4 Å². The summed E-state index contributed by atoms with van der Waals surface area (Å²) in [6.45, 7) is 8.44. The molecule has 1 unspecified atom stereocenters. The molecule has 58 heavy (non-hydrogen) atoms. The van der Waals surface area contributed by atoms with Crippen LogP contribution < -0.4 is 20.3 Å². The molecule has 4 aliphatic heterocycles. The van der Waals surface area contributed by atoms with Crippen LogP contribution in [-0.4, -0.2) is 90.6 Å². The van der Waals surface area contributed by atoms with E-state index in [1.165, 1.54) is 48.1 Å². The van der Waals surface area contributed by atoms with Gasteiger partial charge in [0.25, 0.3) is 0 Å². The predicted octanol–water partition coefficient (Wildman–Crippen LogP) is 7.45. The summed E-state index contributed by atoms with van der Waals surface area (Å²) in [5.41, 5.74) is 9.41. The van der Waals surface area contributed by atoms with Crippen LogP contribution in [0.4, 0.5) is 5.69 Å². The maximum Gasteiger partial charge on any atom is 0.243 e. The van der Waals surface area contributed by atoms with Crippen LogP contribution in [-0.2, 0) is 22.7 Å². The van der Waals surface area contributed by atoms with E-state index in [0.29, 0.717) is 37.3 Å². The van der Waals surface area contributed by atoms with Crippen LogP contribution in [0.2, 0.25) is 0 Å². The molecule has 3 fully saturated rings. The van der Waals surface area contributed by atoms with Crippen molar-refractivity contribution in [2.45, 2.75) is 70.1 Å². The Morgan fingerprint density at radius 1 is 0.828 bits per heavy atom. The number of rotatable bonds is 14. The monoisotopic (exact) mass is 801 g/mol. The van der Waals surface area contributed by atoms with Gasteiger partial charge in [-0.1, -0.05) is 60.7 Å². The maximum atomic E-state index is 12.5. The van der Waals surface area contributed by atoms with E-state index in [0.717, 1.165) is 86.8 Å². The fourth-order valence-electron chi connectivity index (χ4n) is 9.28. The molecule has 0 saturated carbocycles. The van der Waals surface area contributed by atoms with Crippen molar-refractivity contribution in [2.24, 2.45) is 5.92 Å². The number of halogens is 1. The Morgan fingerprint density at radius 2 is 1.57 bits per heavy atom. The smallest absolute Gasteiger partial charge is 0.243 e. The number of phenolic OH excluding ortho intramolecular Hbond substituents is 1. The number of aromatic hydroxyl groups is 1. The first-order valence-corrected chi connectivity index (χ1v) is 21.7. The molecule has 304 valence electrons. The lowest BCUT2D eigenvalue weighted by molar-refractivity contribution is -0.137. The summed E-state index contributed by atoms with van der Waals surface area (Å²) in [5, 5.41) is 16.5. The number of amides is 2. The second kappa shape index (κ2) is 18.9. The third-order valence-corrected chi connectivity index (χ3v) is 12.7. The van der Waals surface area contributed by atoms with Gasteiger partial charge in [-0.05, 0) is 139 Å². The second-order valence-corrected chi connectivity index (χ2v) is 16.8. The molecule has 0 radical (unpaired) electrons. The van der Waals surface area contributed by atoms with Gasteiger partial charge in [-0.15, -0.1) is 11.6 Å². The van der Waals surface area contributed by atoms with Crippen molar-refractivity contribution in [3.05, 3.63) is 125 Å². The Morgan fingerprint density at radius 3 is 2.31 bits per heavy atom. The van der Waals surface area contributed by atoms with Crippen molar-refractivity contribution in [3.63, 3.8) is 0 Å². The number of benzene rings is 4. The number of imide groups is 1. The van der Waals surface area contributed by atoms with Crippen molar-refractivity contribution in [3.8, 4) is 11.5 Å². The molecular weight excluding hydrogens is 746 g/mol. The van der Waals surface area contributed by atoms with Crippen molar-refractivity contribution in [1.29, 1.82) is 0 Å². The van der Waals surface area contributed by atoms with Gasteiger partial charge >= 0.3 is 0 Å². The van der Waals surface area contributed by atoms with Gasteiger partial charge in [0.1, 0.15) is 18.1 Å². The van der Waals surface area contributed by atoms with Crippen LogP contribution in [0.5, 0.6) is 11.5 Å². The van der Waals surface area contributed by atoms with Crippen LogP contribution in [0.3, 0.4) is 0 Å². The Kier molecular flexibility index (Phi) is 13.1. The first-order valence-electron chi connectivity index (χ1n) is 21.2. The molecule has 2 atom stereocenters. The number of piperidine rings is 3. The van der Waals surface area contributed by atoms with Gasteiger partial charge in [-0.2, -0.15) is 0 Å². The number of hydrogen-bond donors (Lipinski definition) is 3. The molecule has 0 spiro atoms. The average molecular weight is 802 g/mol. The minimum absolute atomic E-state index is 0.153. The largest absolute Gasteiger partial charge is 0.508 e. The number of carbonyl (C=O) groups is 2. The van der Waals surface area contributed by atoms with E-state index < -0.39 is 0 Å². The average Bonchev–Trinajstić information content (AvgIpc) is 3.68. The van der Waals surface area contributed by atoms with Gasteiger partial charge in [0.2, 0.25) is 11.8 Å². The zero-order valence-corrected chi connectivity index (χ0v) is 34.1. The second-order valence-electron chi connectivity index (χ2n) is 16.4. The number of likely N-dealkylation sites (tertiary alicyclic amines) is 1. The fraction of sp³-hybridized carbons (Fsp3) is 0.417. The minimum Gasteiger partial charge on any atom is -0.508 e. The number of alkyl halides is 1. The lowest BCUT2D eigenvalue weighted by Crippen LogP contribution is -2.50. The molecule has 3 saturated heterocycles. The molecule has 9 nitrogen and oxygen atoms in total. The molecule has 8 rings (SSSR count). The molecule has 4 aromatic carbocycles. The summed E-state index contributed by atoms with van der Waals surface area (Å²) in [4.78, 5) is 31.4. The van der Waals surface area contributed by atoms with Gasteiger partial charge in [-0.3, -0.25) is 24.7 Å². The highest BCUT2D eigenvalue weighted by atomic mass is 35.5. The van der Waals surface area contributed by atoms with Crippen molar-refractivity contribution < 1.29 is 19.4 Å². The number of anilines is 1. The maximum absolute atomic E-state index is 12.5. The van der Waals surface area contributed by atoms with Gasteiger partial charge in [-0.25, -0.2) is 0 Å². The van der Waals surface area contributed by atoms with Crippen LogP contribution in [0.1, 0.15) is 72.8 Å². The SMILES string of the molecule is O=C1CCC(N2Cc3ccc(N4CCC[C@H](NCC5CCN(CCOc6ccc(C(=C(CCCl)c7ccccc7)c7ccc(O)cc7)cc6)CC5)C4)cc3C2)C(=O)N1. The molecule has 4 aliphatic rings. The summed E-state index contributed by atoms with van der Waals surface area (Å²) >= 11 is 6.34. The van der Waals surface area contributed by atoms with E-state index in [4.69, 9.17) is 16.3 Å². The number of fused-ring (bicyclic) bond motifs is 1. The number of nitrogens with one attached hydrogen (secondary N) is 2. The van der Waals surface area contributed by atoms with E-state index in [1.54, 1.807) is 12.1 Å². The van der Waals surface area contributed by atoms with Gasteiger partial charge in [0.15, 0.2) is 0 Å². The van der Waals surface area contributed by atoms with Crippen LogP contribution in [0.25, 0.3) is 11.1 Å². The number of carbonyl (C=O) groups excluding carboxylic acids is 2. The number of phenols is 1. The third kappa shape index (κ3) is 9.78. The highest BCUT2D eigenvalue weighted by Gasteiger charge is 2.35. The summed E-state index contributed by atoms with van der Waals surface area (Å²) in [6, 6.07) is 33.3.